The van der Waals surface area contributed by atoms with Crippen LogP contribution in [0.25, 0.3) is 10.9 Å². The smallest absolute Gasteiger partial charge is 0.255 e. The van der Waals surface area contributed by atoms with Gasteiger partial charge in [0.25, 0.3) is 5.91 Å². The summed E-state index contributed by atoms with van der Waals surface area (Å²) in [6.07, 6.45) is 1.95. The average molecular weight is 461 g/mol. The Morgan fingerprint density at radius 2 is 1.47 bits per heavy atom. The zero-order valence-electron chi connectivity index (χ0n) is 16.5. The number of ketones is 1. The molecule has 1 heterocycles. The average Bonchev–Trinajstić information content (AvgIpc) is 2.77. The Balaban J connectivity index is 0.00000256. The Morgan fingerprint density at radius 3 is 2.20 bits per heavy atom. The third kappa shape index (κ3) is 4.63. The maximum atomic E-state index is 12.8. The highest BCUT2D eigenvalue weighted by Crippen LogP contribution is 2.15. The second kappa shape index (κ2) is 9.46. The number of hydrogen-bond donors (Lipinski definition) is 1. The number of nitrogens with zero attached hydrogens (tertiary/aromatic N) is 1. The highest BCUT2D eigenvalue weighted by atomic mass is 79.9. The second-order valence-corrected chi connectivity index (χ2v) is 6.96. The minimum atomic E-state index is -0.175. The maximum Gasteiger partial charge on any atom is 0.255 e. The van der Waals surface area contributed by atoms with Gasteiger partial charge >= 0.3 is 0 Å². The Bertz CT molecular complexity index is 1190. The number of aryl methyl sites for hydroxylation is 1. The lowest BCUT2D eigenvalue weighted by molar-refractivity contribution is -0.657. The van der Waals surface area contributed by atoms with Gasteiger partial charge in [-0.1, -0.05) is 30.3 Å². The molecule has 0 atom stereocenters. The van der Waals surface area contributed by atoms with Gasteiger partial charge in [-0.15, -0.1) is 0 Å². The van der Waals surface area contributed by atoms with Crippen LogP contribution in [0.4, 0.5) is 5.69 Å². The van der Waals surface area contributed by atoms with E-state index < -0.39 is 0 Å². The first-order chi connectivity index (χ1) is 14.1. The fraction of sp³-hybridized carbons (Fsp3) is 0.0800. The second-order valence-electron chi connectivity index (χ2n) is 6.96. The molecule has 0 unspecified atom stereocenters. The van der Waals surface area contributed by atoms with Gasteiger partial charge in [0.2, 0.25) is 17.8 Å². The number of pyridine rings is 1. The van der Waals surface area contributed by atoms with Crippen LogP contribution < -0.4 is 26.9 Å². The molecule has 0 radical (unpaired) electrons. The van der Waals surface area contributed by atoms with Crippen molar-refractivity contribution in [2.75, 3.05) is 5.32 Å². The lowest BCUT2D eigenvalue weighted by atomic mass is 10.1. The third-order valence-corrected chi connectivity index (χ3v) is 4.96. The molecular weight excluding hydrogens is 440 g/mol. The number of carbonyl (C=O) groups is 2. The number of hydrogen-bond acceptors (Lipinski definition) is 2. The van der Waals surface area contributed by atoms with Crippen LogP contribution >= 0.6 is 0 Å². The molecule has 150 valence electrons. The lowest BCUT2D eigenvalue weighted by Gasteiger charge is -2.07. The number of para-hydroxylation sites is 1. The van der Waals surface area contributed by atoms with Gasteiger partial charge < -0.3 is 22.3 Å². The standard InChI is InChI=1S/C25H20N2O2.BrH/c1-18-15-16-27(23-10-6-5-9-22(18)23)17-24(28)19-11-13-21(14-12-19)26-25(29)20-7-3-2-4-8-20;/h2-16H,17H2,1H3;1H. The molecule has 4 nitrogen and oxygen atoms in total. The maximum absolute atomic E-state index is 12.8. The highest BCUT2D eigenvalue weighted by molar-refractivity contribution is 6.04. The van der Waals surface area contributed by atoms with Crippen molar-refractivity contribution in [2.45, 2.75) is 13.5 Å². The minimum absolute atomic E-state index is 0. The number of benzene rings is 3. The number of anilines is 1. The van der Waals surface area contributed by atoms with Crippen molar-refractivity contribution in [3.63, 3.8) is 0 Å². The number of rotatable bonds is 5. The minimum Gasteiger partial charge on any atom is -1.00 e. The van der Waals surface area contributed by atoms with Crippen molar-refractivity contribution in [3.8, 4) is 0 Å². The first kappa shape index (κ1) is 21.4. The summed E-state index contributed by atoms with van der Waals surface area (Å²) in [7, 11) is 0. The molecule has 1 N–H and O–H groups in total. The van der Waals surface area contributed by atoms with Crippen LogP contribution in [-0.4, -0.2) is 11.7 Å². The molecule has 1 aromatic heterocycles. The largest absolute Gasteiger partial charge is 1.00 e. The van der Waals surface area contributed by atoms with E-state index in [1.54, 1.807) is 36.4 Å². The summed E-state index contributed by atoms with van der Waals surface area (Å²) in [6, 6.07) is 26.1. The zero-order valence-corrected chi connectivity index (χ0v) is 18.1. The molecular formula is C25H21BrN2O2. The van der Waals surface area contributed by atoms with Crippen LogP contribution in [0.15, 0.2) is 91.1 Å². The molecule has 0 saturated heterocycles. The molecule has 3 aromatic carbocycles. The monoisotopic (exact) mass is 460 g/mol. The first-order valence-electron chi connectivity index (χ1n) is 9.49. The van der Waals surface area contributed by atoms with E-state index in [0.717, 1.165) is 10.9 Å². The summed E-state index contributed by atoms with van der Waals surface area (Å²) in [5.74, 6) is -0.156. The highest BCUT2D eigenvalue weighted by Gasteiger charge is 2.16. The Labute approximate surface area is 186 Å². The zero-order chi connectivity index (χ0) is 20.2. The van der Waals surface area contributed by atoms with Crippen molar-refractivity contribution in [2.24, 2.45) is 0 Å². The van der Waals surface area contributed by atoms with Gasteiger partial charge in [0, 0.05) is 34.3 Å². The summed E-state index contributed by atoms with van der Waals surface area (Å²) >= 11 is 0. The summed E-state index contributed by atoms with van der Waals surface area (Å²) in [6.45, 7) is 2.33. The molecule has 5 heteroatoms. The summed E-state index contributed by atoms with van der Waals surface area (Å²) < 4.78 is 1.97. The molecule has 0 spiro atoms. The summed E-state index contributed by atoms with van der Waals surface area (Å²) in [5, 5.41) is 3.99. The van der Waals surface area contributed by atoms with Gasteiger partial charge in [0.15, 0.2) is 6.20 Å². The Morgan fingerprint density at radius 1 is 0.800 bits per heavy atom. The van der Waals surface area contributed by atoms with Crippen LogP contribution in [0.3, 0.4) is 0 Å². The summed E-state index contributed by atoms with van der Waals surface area (Å²) in [5.41, 5.74) is 4.08. The fourth-order valence-electron chi connectivity index (χ4n) is 3.35. The molecule has 1 amide bonds. The fourth-order valence-corrected chi connectivity index (χ4v) is 3.35. The van der Waals surface area contributed by atoms with Gasteiger partial charge in [-0.3, -0.25) is 9.59 Å². The number of carbonyl (C=O) groups excluding carboxylic acids is 2. The van der Waals surface area contributed by atoms with E-state index in [1.807, 2.05) is 53.2 Å². The molecule has 0 fully saturated rings. The number of nitrogens with one attached hydrogen (secondary N) is 1. The molecule has 4 aromatic rings. The van der Waals surface area contributed by atoms with Gasteiger partial charge in [0.1, 0.15) is 0 Å². The number of fused-ring (bicyclic) bond motifs is 1. The van der Waals surface area contributed by atoms with Crippen molar-refractivity contribution in [1.29, 1.82) is 0 Å². The Hall–Kier alpha value is -3.31. The predicted octanol–water partition coefficient (Wildman–Crippen LogP) is 1.57. The normalized spacial score (nSPS) is 10.3. The topological polar surface area (TPSA) is 50.0 Å². The molecule has 0 aliphatic rings. The van der Waals surface area contributed by atoms with E-state index in [4.69, 9.17) is 0 Å². The van der Waals surface area contributed by atoms with Crippen molar-refractivity contribution in [1.82, 2.24) is 0 Å². The molecule has 4 rings (SSSR count). The van der Waals surface area contributed by atoms with E-state index in [2.05, 4.69) is 18.3 Å². The number of aromatic nitrogens is 1. The predicted molar refractivity (Wildman–Crippen MR) is 114 cm³/mol. The quantitative estimate of drug-likeness (QED) is 0.363. The van der Waals surface area contributed by atoms with E-state index in [0.29, 0.717) is 16.8 Å². The van der Waals surface area contributed by atoms with E-state index >= 15 is 0 Å². The molecule has 0 bridgehead atoms. The molecule has 0 saturated carbocycles. The third-order valence-electron chi connectivity index (χ3n) is 4.96. The van der Waals surface area contributed by atoms with Crippen LogP contribution in [0.1, 0.15) is 26.3 Å². The van der Waals surface area contributed by atoms with Crippen molar-refractivity contribution in [3.05, 3.63) is 108 Å². The van der Waals surface area contributed by atoms with Crippen LogP contribution in [0.5, 0.6) is 0 Å². The number of halogens is 1. The van der Waals surface area contributed by atoms with Crippen LogP contribution in [-0.2, 0) is 6.54 Å². The number of Topliss-reactive ketones (excluding diaryl/α,β-unsaturated/α-hetero) is 1. The first-order valence-corrected chi connectivity index (χ1v) is 9.49. The van der Waals surface area contributed by atoms with Gasteiger partial charge in [-0.05, 0) is 55.0 Å². The van der Waals surface area contributed by atoms with Crippen LogP contribution in [0.2, 0.25) is 0 Å². The van der Waals surface area contributed by atoms with Gasteiger partial charge in [-0.25, -0.2) is 0 Å². The van der Waals surface area contributed by atoms with Gasteiger partial charge in [0.05, 0.1) is 0 Å². The molecule has 30 heavy (non-hydrogen) atoms. The van der Waals surface area contributed by atoms with E-state index in [1.165, 1.54) is 5.56 Å². The number of amides is 1. The molecule has 0 aliphatic carbocycles. The van der Waals surface area contributed by atoms with Crippen molar-refractivity contribution < 1.29 is 31.1 Å². The van der Waals surface area contributed by atoms with E-state index in [-0.39, 0.29) is 35.2 Å². The van der Waals surface area contributed by atoms with Crippen LogP contribution in [0, 0.1) is 6.92 Å². The molecule has 0 aliphatic heterocycles. The Kier molecular flexibility index (Phi) is 6.75. The SMILES string of the molecule is Cc1cc[n+](CC(=O)c2ccc(NC(=O)c3ccccc3)cc2)c2ccccc12.[Br-]. The van der Waals surface area contributed by atoms with Gasteiger partial charge in [-0.2, -0.15) is 4.57 Å². The van der Waals surface area contributed by atoms with E-state index in [9.17, 15) is 9.59 Å². The van der Waals surface area contributed by atoms with Crippen molar-refractivity contribution >= 4 is 28.3 Å². The summed E-state index contributed by atoms with van der Waals surface area (Å²) in [4.78, 5) is 25.0. The lowest BCUT2D eigenvalue weighted by Crippen LogP contribution is -3.00.